The summed E-state index contributed by atoms with van der Waals surface area (Å²) >= 11 is 7.25. The van der Waals surface area contributed by atoms with E-state index in [1.54, 1.807) is 23.5 Å². The summed E-state index contributed by atoms with van der Waals surface area (Å²) in [6, 6.07) is 6.41. The summed E-state index contributed by atoms with van der Waals surface area (Å²) in [4.78, 5) is 14.1. The van der Waals surface area contributed by atoms with Crippen LogP contribution in [0.1, 0.15) is 70.4 Å². The van der Waals surface area contributed by atoms with Crippen molar-refractivity contribution in [3.63, 3.8) is 0 Å². The Morgan fingerprint density at radius 2 is 1.86 bits per heavy atom. The standard InChI is InChI=1S/C26H31FN4O2S2/c1-4-33-25(32)22-20-9-7-5-6-8-10-21(20)35-24(22)29-26(34)28-23-16(2)30-31(17(23)3)15-18-11-13-19(27)14-12-18/h11-14H,4-10,15H2,1-3H3,(H2,28,29,34). The van der Waals surface area contributed by atoms with Gasteiger partial charge in [-0.25, -0.2) is 9.18 Å². The molecule has 0 saturated carbocycles. The number of esters is 1. The Bertz CT molecular complexity index is 1220. The van der Waals surface area contributed by atoms with Crippen molar-refractivity contribution in [2.75, 3.05) is 17.2 Å². The number of benzene rings is 1. The second-order valence-corrected chi connectivity index (χ2v) is 10.3. The van der Waals surface area contributed by atoms with Crippen LogP contribution in [0.15, 0.2) is 24.3 Å². The normalized spacial score (nSPS) is 13.5. The minimum absolute atomic E-state index is 0.260. The van der Waals surface area contributed by atoms with Crippen molar-refractivity contribution in [3.05, 3.63) is 63.0 Å². The van der Waals surface area contributed by atoms with Crippen molar-refractivity contribution in [1.29, 1.82) is 0 Å². The van der Waals surface area contributed by atoms with Crippen molar-refractivity contribution < 1.29 is 13.9 Å². The van der Waals surface area contributed by atoms with Gasteiger partial charge in [0.2, 0.25) is 0 Å². The van der Waals surface area contributed by atoms with Crippen molar-refractivity contribution in [2.45, 2.75) is 65.8 Å². The molecule has 4 rings (SSSR count). The van der Waals surface area contributed by atoms with Crippen LogP contribution < -0.4 is 10.6 Å². The summed E-state index contributed by atoms with van der Waals surface area (Å²) in [6.45, 7) is 6.56. The molecule has 2 heterocycles. The highest BCUT2D eigenvalue weighted by molar-refractivity contribution is 7.80. The number of fused-ring (bicyclic) bond motifs is 1. The number of anilines is 2. The maximum absolute atomic E-state index is 13.3. The Morgan fingerprint density at radius 3 is 2.57 bits per heavy atom. The van der Waals surface area contributed by atoms with Gasteiger partial charge in [-0.15, -0.1) is 11.3 Å². The Morgan fingerprint density at radius 1 is 1.14 bits per heavy atom. The number of aryl methyl sites for hydroxylation is 2. The van der Waals surface area contributed by atoms with E-state index in [0.717, 1.165) is 58.9 Å². The molecule has 0 atom stereocenters. The summed E-state index contributed by atoms with van der Waals surface area (Å²) in [5.74, 6) is -0.556. The number of hydrogen-bond donors (Lipinski definition) is 2. The quantitative estimate of drug-likeness (QED) is 0.293. The molecule has 9 heteroatoms. The average molecular weight is 515 g/mol. The molecular formula is C26H31FN4O2S2. The Labute approximate surface area is 214 Å². The number of ether oxygens (including phenoxy) is 1. The number of nitrogens with one attached hydrogen (secondary N) is 2. The van der Waals surface area contributed by atoms with Crippen LogP contribution >= 0.6 is 23.6 Å². The molecule has 6 nitrogen and oxygen atoms in total. The Hall–Kier alpha value is -2.78. The van der Waals surface area contributed by atoms with Crippen LogP contribution in [0.25, 0.3) is 0 Å². The molecule has 1 aliphatic carbocycles. The minimum Gasteiger partial charge on any atom is -0.462 e. The van der Waals surface area contributed by atoms with Crippen LogP contribution in [0, 0.1) is 19.7 Å². The van der Waals surface area contributed by atoms with Gasteiger partial charge in [-0.3, -0.25) is 4.68 Å². The van der Waals surface area contributed by atoms with E-state index in [-0.39, 0.29) is 11.8 Å². The molecule has 35 heavy (non-hydrogen) atoms. The first-order chi connectivity index (χ1) is 16.9. The van der Waals surface area contributed by atoms with E-state index in [9.17, 15) is 9.18 Å². The second kappa shape index (κ2) is 11.3. The molecule has 0 unspecified atom stereocenters. The first-order valence-electron chi connectivity index (χ1n) is 12.1. The fourth-order valence-corrected chi connectivity index (χ4v) is 6.02. The van der Waals surface area contributed by atoms with Gasteiger partial charge >= 0.3 is 5.97 Å². The van der Waals surface area contributed by atoms with Crippen molar-refractivity contribution >= 4 is 45.3 Å². The minimum atomic E-state index is -0.296. The van der Waals surface area contributed by atoms with E-state index in [4.69, 9.17) is 17.0 Å². The largest absolute Gasteiger partial charge is 0.462 e. The maximum atomic E-state index is 13.3. The summed E-state index contributed by atoms with van der Waals surface area (Å²) in [5, 5.41) is 12.3. The first-order valence-corrected chi connectivity index (χ1v) is 13.3. The van der Waals surface area contributed by atoms with E-state index < -0.39 is 0 Å². The van der Waals surface area contributed by atoms with Crippen LogP contribution in [-0.4, -0.2) is 27.5 Å². The summed E-state index contributed by atoms with van der Waals surface area (Å²) in [6.07, 6.45) is 6.46. The molecule has 1 aromatic carbocycles. The lowest BCUT2D eigenvalue weighted by Crippen LogP contribution is -2.21. The number of carbonyl (C=O) groups excluding carboxylic acids is 1. The van der Waals surface area contributed by atoms with Gasteiger partial charge in [0.05, 0.1) is 35.8 Å². The molecule has 0 radical (unpaired) electrons. The van der Waals surface area contributed by atoms with Crippen LogP contribution in [0.4, 0.5) is 15.1 Å². The van der Waals surface area contributed by atoms with Gasteiger partial charge in [0.15, 0.2) is 5.11 Å². The molecule has 0 aliphatic heterocycles. The molecular weight excluding hydrogens is 483 g/mol. The van der Waals surface area contributed by atoms with Crippen molar-refractivity contribution in [2.24, 2.45) is 0 Å². The molecule has 0 spiro atoms. The lowest BCUT2D eigenvalue weighted by molar-refractivity contribution is 0.0526. The van der Waals surface area contributed by atoms with E-state index in [1.807, 2.05) is 25.5 Å². The lowest BCUT2D eigenvalue weighted by atomic mass is 9.96. The van der Waals surface area contributed by atoms with Gasteiger partial charge in [-0.05, 0) is 81.9 Å². The zero-order valence-corrected chi connectivity index (χ0v) is 22.0. The number of hydrogen-bond acceptors (Lipinski definition) is 5. The van der Waals surface area contributed by atoms with Crippen LogP contribution in [0.5, 0.6) is 0 Å². The molecule has 0 bridgehead atoms. The zero-order chi connectivity index (χ0) is 24.9. The van der Waals surface area contributed by atoms with Gasteiger partial charge in [0.1, 0.15) is 10.8 Å². The highest BCUT2D eigenvalue weighted by Gasteiger charge is 2.26. The van der Waals surface area contributed by atoms with Gasteiger partial charge in [0, 0.05) is 4.88 Å². The number of halogens is 1. The molecule has 0 saturated heterocycles. The third kappa shape index (κ3) is 5.90. The third-order valence-corrected chi connectivity index (χ3v) is 7.65. The number of nitrogens with zero attached hydrogens (tertiary/aromatic N) is 2. The molecule has 3 aromatic rings. The van der Waals surface area contributed by atoms with E-state index in [1.165, 1.54) is 29.9 Å². The smallest absolute Gasteiger partial charge is 0.341 e. The van der Waals surface area contributed by atoms with Crippen molar-refractivity contribution in [3.8, 4) is 0 Å². The van der Waals surface area contributed by atoms with Crippen LogP contribution in [0.2, 0.25) is 0 Å². The summed E-state index contributed by atoms with van der Waals surface area (Å²) < 4.78 is 20.5. The summed E-state index contributed by atoms with van der Waals surface area (Å²) in [5.41, 5.74) is 5.23. The lowest BCUT2D eigenvalue weighted by Gasteiger charge is -2.13. The molecule has 186 valence electrons. The Kier molecular flexibility index (Phi) is 8.18. The molecule has 0 amide bonds. The number of aromatic nitrogens is 2. The summed E-state index contributed by atoms with van der Waals surface area (Å²) in [7, 11) is 0. The number of rotatable bonds is 6. The number of carbonyl (C=O) groups is 1. The third-order valence-electron chi connectivity index (χ3n) is 6.24. The van der Waals surface area contributed by atoms with Crippen molar-refractivity contribution in [1.82, 2.24) is 9.78 Å². The molecule has 2 aromatic heterocycles. The highest BCUT2D eigenvalue weighted by atomic mass is 32.1. The van der Waals surface area contributed by atoms with Crippen LogP contribution in [-0.2, 0) is 24.1 Å². The van der Waals surface area contributed by atoms with Crippen LogP contribution in [0.3, 0.4) is 0 Å². The van der Waals surface area contributed by atoms with Gasteiger partial charge < -0.3 is 15.4 Å². The van der Waals surface area contributed by atoms with Gasteiger partial charge in [-0.1, -0.05) is 25.0 Å². The number of thiophene rings is 1. The number of thiocarbonyl (C=S) groups is 1. The Balaban J connectivity index is 1.54. The first kappa shape index (κ1) is 25.3. The maximum Gasteiger partial charge on any atom is 0.341 e. The predicted octanol–water partition coefficient (Wildman–Crippen LogP) is 6.39. The van der Waals surface area contributed by atoms with E-state index in [2.05, 4.69) is 15.7 Å². The fraction of sp³-hybridized carbons (Fsp3) is 0.423. The van der Waals surface area contributed by atoms with E-state index in [0.29, 0.717) is 23.8 Å². The topological polar surface area (TPSA) is 68.2 Å². The fourth-order valence-electron chi connectivity index (χ4n) is 4.47. The highest BCUT2D eigenvalue weighted by Crippen LogP contribution is 2.38. The monoisotopic (exact) mass is 514 g/mol. The molecule has 1 aliphatic rings. The van der Waals surface area contributed by atoms with Gasteiger partial charge in [0.25, 0.3) is 0 Å². The van der Waals surface area contributed by atoms with E-state index >= 15 is 0 Å². The molecule has 2 N–H and O–H groups in total. The predicted molar refractivity (Wildman–Crippen MR) is 143 cm³/mol. The SMILES string of the molecule is CCOC(=O)c1c(NC(=S)Nc2c(C)nn(Cc3ccc(F)cc3)c2C)sc2c1CCCCCC2. The van der Waals surface area contributed by atoms with Gasteiger partial charge in [-0.2, -0.15) is 5.10 Å². The second-order valence-electron chi connectivity index (χ2n) is 8.75. The zero-order valence-electron chi connectivity index (χ0n) is 20.4. The molecule has 0 fully saturated rings. The average Bonchev–Trinajstić information content (AvgIpc) is 3.26.